The lowest BCUT2D eigenvalue weighted by atomic mass is 9.93. The minimum Gasteiger partial charge on any atom is -0.481 e. The fraction of sp³-hybridized carbons (Fsp3) is 0.857. The molecule has 1 amide bonds. The standard InChI is InChI=1S/C14H26N2O3/c15-8-4-2-1-3-5-13(17)16-9-6-12(7-10-16)11-14(18)19/h12H,1-11,15H2,(H,18,19). The Hall–Kier alpha value is -1.10. The van der Waals surface area contributed by atoms with Gasteiger partial charge in [0.1, 0.15) is 0 Å². The summed E-state index contributed by atoms with van der Waals surface area (Å²) in [4.78, 5) is 24.5. The van der Waals surface area contributed by atoms with Crippen molar-refractivity contribution in [3.8, 4) is 0 Å². The van der Waals surface area contributed by atoms with Crippen molar-refractivity contribution in [1.82, 2.24) is 4.90 Å². The van der Waals surface area contributed by atoms with Crippen molar-refractivity contribution < 1.29 is 14.7 Å². The van der Waals surface area contributed by atoms with Gasteiger partial charge < -0.3 is 15.7 Å². The van der Waals surface area contributed by atoms with Crippen LogP contribution in [0.1, 0.15) is 51.4 Å². The first-order valence-corrected chi connectivity index (χ1v) is 7.33. The van der Waals surface area contributed by atoms with E-state index in [0.29, 0.717) is 6.42 Å². The highest BCUT2D eigenvalue weighted by Gasteiger charge is 2.23. The van der Waals surface area contributed by atoms with Crippen molar-refractivity contribution >= 4 is 11.9 Å². The van der Waals surface area contributed by atoms with E-state index in [2.05, 4.69) is 0 Å². The molecular weight excluding hydrogens is 244 g/mol. The van der Waals surface area contributed by atoms with E-state index in [1.807, 2.05) is 4.90 Å². The molecule has 0 radical (unpaired) electrons. The molecule has 0 atom stereocenters. The van der Waals surface area contributed by atoms with E-state index >= 15 is 0 Å². The smallest absolute Gasteiger partial charge is 0.303 e. The number of carboxylic acids is 1. The van der Waals surface area contributed by atoms with Crippen LogP contribution in [0.15, 0.2) is 0 Å². The second-order valence-corrected chi connectivity index (χ2v) is 5.37. The molecule has 0 aliphatic carbocycles. The van der Waals surface area contributed by atoms with Crippen LogP contribution in [-0.2, 0) is 9.59 Å². The summed E-state index contributed by atoms with van der Waals surface area (Å²) in [5, 5.41) is 8.74. The number of carbonyl (C=O) groups is 2. The summed E-state index contributed by atoms with van der Waals surface area (Å²) in [5.74, 6) is -0.266. The maximum absolute atomic E-state index is 11.9. The van der Waals surface area contributed by atoms with E-state index < -0.39 is 5.97 Å². The molecule has 0 aromatic heterocycles. The summed E-state index contributed by atoms with van der Waals surface area (Å²) in [7, 11) is 0. The lowest BCUT2D eigenvalue weighted by Crippen LogP contribution is -2.38. The molecule has 1 rings (SSSR count). The van der Waals surface area contributed by atoms with Crippen LogP contribution < -0.4 is 5.73 Å². The van der Waals surface area contributed by atoms with Gasteiger partial charge in [0.15, 0.2) is 0 Å². The zero-order chi connectivity index (χ0) is 14.1. The topological polar surface area (TPSA) is 83.6 Å². The predicted molar refractivity (Wildman–Crippen MR) is 73.7 cm³/mol. The van der Waals surface area contributed by atoms with Gasteiger partial charge in [0.2, 0.25) is 5.91 Å². The van der Waals surface area contributed by atoms with E-state index in [0.717, 1.165) is 58.2 Å². The molecule has 110 valence electrons. The number of nitrogens with zero attached hydrogens (tertiary/aromatic N) is 1. The lowest BCUT2D eigenvalue weighted by molar-refractivity contribution is -0.138. The Morgan fingerprint density at radius 1 is 1.11 bits per heavy atom. The summed E-state index contributed by atoms with van der Waals surface area (Å²) in [6.07, 6.45) is 6.65. The maximum atomic E-state index is 11.9. The number of rotatable bonds is 8. The van der Waals surface area contributed by atoms with Crippen molar-refractivity contribution in [2.75, 3.05) is 19.6 Å². The van der Waals surface area contributed by atoms with Crippen LogP contribution in [0.3, 0.4) is 0 Å². The predicted octanol–water partition coefficient (Wildman–Crippen LogP) is 1.61. The first-order valence-electron chi connectivity index (χ1n) is 7.33. The van der Waals surface area contributed by atoms with E-state index in [9.17, 15) is 9.59 Å². The molecule has 1 heterocycles. The first kappa shape index (κ1) is 16.0. The molecule has 1 fully saturated rings. The van der Waals surface area contributed by atoms with E-state index in [1.165, 1.54) is 0 Å². The van der Waals surface area contributed by atoms with E-state index in [4.69, 9.17) is 10.8 Å². The van der Waals surface area contributed by atoms with E-state index in [-0.39, 0.29) is 18.2 Å². The molecule has 1 aliphatic rings. The molecule has 0 aromatic carbocycles. The first-order chi connectivity index (χ1) is 9.13. The zero-order valence-electron chi connectivity index (χ0n) is 11.6. The van der Waals surface area contributed by atoms with Crippen molar-refractivity contribution in [2.45, 2.75) is 51.4 Å². The number of likely N-dealkylation sites (tertiary alicyclic amines) is 1. The summed E-state index contributed by atoms with van der Waals surface area (Å²) in [6, 6.07) is 0. The number of hydrogen-bond acceptors (Lipinski definition) is 3. The van der Waals surface area contributed by atoms with Gasteiger partial charge in [-0.25, -0.2) is 0 Å². The molecule has 19 heavy (non-hydrogen) atoms. The third-order valence-corrected chi connectivity index (χ3v) is 3.78. The number of carbonyl (C=O) groups excluding carboxylic acids is 1. The number of piperidine rings is 1. The number of amides is 1. The number of nitrogens with two attached hydrogens (primary N) is 1. The van der Waals surface area contributed by atoms with Crippen LogP contribution >= 0.6 is 0 Å². The highest BCUT2D eigenvalue weighted by atomic mass is 16.4. The Labute approximate surface area is 115 Å². The molecule has 3 N–H and O–H groups in total. The fourth-order valence-electron chi connectivity index (χ4n) is 2.57. The summed E-state index contributed by atoms with van der Waals surface area (Å²) in [5.41, 5.74) is 5.42. The highest BCUT2D eigenvalue weighted by molar-refractivity contribution is 5.76. The van der Waals surface area contributed by atoms with Gasteiger partial charge in [-0.3, -0.25) is 9.59 Å². The Morgan fingerprint density at radius 3 is 2.32 bits per heavy atom. The van der Waals surface area contributed by atoms with Gasteiger partial charge in [0.05, 0.1) is 0 Å². The van der Waals surface area contributed by atoms with Gasteiger partial charge in [-0.1, -0.05) is 12.8 Å². The lowest BCUT2D eigenvalue weighted by Gasteiger charge is -2.31. The van der Waals surface area contributed by atoms with Gasteiger partial charge in [-0.15, -0.1) is 0 Å². The van der Waals surface area contributed by atoms with Gasteiger partial charge in [-0.2, -0.15) is 0 Å². The van der Waals surface area contributed by atoms with Crippen molar-refractivity contribution in [1.29, 1.82) is 0 Å². The maximum Gasteiger partial charge on any atom is 0.303 e. The molecule has 0 unspecified atom stereocenters. The largest absolute Gasteiger partial charge is 0.481 e. The molecule has 1 aliphatic heterocycles. The quantitative estimate of drug-likeness (QED) is 0.656. The monoisotopic (exact) mass is 270 g/mol. The van der Waals surface area contributed by atoms with Gasteiger partial charge in [0, 0.05) is 25.9 Å². The normalized spacial score (nSPS) is 16.6. The Balaban J connectivity index is 2.12. The molecule has 5 heteroatoms. The minimum absolute atomic E-state index is 0.224. The molecule has 0 saturated carbocycles. The third kappa shape index (κ3) is 6.57. The van der Waals surface area contributed by atoms with Gasteiger partial charge in [-0.05, 0) is 38.1 Å². The molecule has 0 spiro atoms. The van der Waals surface area contributed by atoms with Gasteiger partial charge >= 0.3 is 5.97 Å². The summed E-state index contributed by atoms with van der Waals surface area (Å²) in [6.45, 7) is 2.17. The number of aliphatic carboxylic acids is 1. The second-order valence-electron chi connectivity index (χ2n) is 5.37. The van der Waals surface area contributed by atoms with Crippen molar-refractivity contribution in [3.63, 3.8) is 0 Å². The fourth-order valence-corrected chi connectivity index (χ4v) is 2.57. The van der Waals surface area contributed by atoms with Crippen LogP contribution in [-0.4, -0.2) is 41.5 Å². The SMILES string of the molecule is NCCCCCCC(=O)N1CCC(CC(=O)O)CC1. The number of carboxylic acid groups (broad SMARTS) is 1. The van der Waals surface area contributed by atoms with Crippen molar-refractivity contribution in [3.05, 3.63) is 0 Å². The van der Waals surface area contributed by atoms with Gasteiger partial charge in [0.25, 0.3) is 0 Å². The third-order valence-electron chi connectivity index (χ3n) is 3.78. The van der Waals surface area contributed by atoms with Crippen LogP contribution in [0, 0.1) is 5.92 Å². The van der Waals surface area contributed by atoms with Crippen molar-refractivity contribution in [2.24, 2.45) is 11.7 Å². The Bertz CT molecular complexity index is 286. The summed E-state index contributed by atoms with van der Waals surface area (Å²) >= 11 is 0. The number of unbranched alkanes of at least 4 members (excludes halogenated alkanes) is 3. The van der Waals surface area contributed by atoms with Crippen LogP contribution in [0.4, 0.5) is 0 Å². The average molecular weight is 270 g/mol. The van der Waals surface area contributed by atoms with Crippen LogP contribution in [0.25, 0.3) is 0 Å². The molecule has 1 saturated heterocycles. The minimum atomic E-state index is -0.732. The molecule has 0 aromatic rings. The van der Waals surface area contributed by atoms with Crippen LogP contribution in [0.2, 0.25) is 0 Å². The Morgan fingerprint density at radius 2 is 1.74 bits per heavy atom. The number of hydrogen-bond donors (Lipinski definition) is 2. The van der Waals surface area contributed by atoms with E-state index in [1.54, 1.807) is 0 Å². The average Bonchev–Trinajstić information content (AvgIpc) is 2.38. The molecule has 5 nitrogen and oxygen atoms in total. The highest BCUT2D eigenvalue weighted by Crippen LogP contribution is 2.21. The molecular formula is C14H26N2O3. The summed E-state index contributed by atoms with van der Waals surface area (Å²) < 4.78 is 0. The zero-order valence-corrected chi connectivity index (χ0v) is 11.6. The Kier molecular flexibility index (Phi) is 7.48. The molecule has 0 bridgehead atoms. The van der Waals surface area contributed by atoms with Crippen LogP contribution in [0.5, 0.6) is 0 Å². The second kappa shape index (κ2) is 8.91.